The maximum atomic E-state index is 6.01. The van der Waals surface area contributed by atoms with Crippen LogP contribution < -0.4 is 5.73 Å². The molecule has 2 nitrogen and oxygen atoms in total. The van der Waals surface area contributed by atoms with Crippen molar-refractivity contribution in [1.29, 1.82) is 0 Å². The van der Waals surface area contributed by atoms with Gasteiger partial charge in [0, 0.05) is 18.1 Å². The zero-order valence-electron chi connectivity index (χ0n) is 9.51. The minimum atomic E-state index is 0.844. The third-order valence-electron chi connectivity index (χ3n) is 3.02. The molecular weight excluding hydrogens is 208 g/mol. The van der Waals surface area contributed by atoms with Gasteiger partial charge in [0.05, 0.1) is 11.2 Å². The highest BCUT2D eigenvalue weighted by Gasteiger charge is 2.04. The van der Waals surface area contributed by atoms with Crippen LogP contribution in [-0.4, -0.2) is 4.57 Å². The lowest BCUT2D eigenvalue weighted by atomic mass is 10.2. The Morgan fingerprint density at radius 3 is 2.41 bits per heavy atom. The molecule has 0 amide bonds. The Morgan fingerprint density at radius 1 is 0.882 bits per heavy atom. The van der Waals surface area contributed by atoms with Crippen molar-refractivity contribution in [1.82, 2.24) is 4.57 Å². The zero-order valence-corrected chi connectivity index (χ0v) is 9.51. The Bertz CT molecular complexity index is 638. The number of hydrogen-bond acceptors (Lipinski definition) is 1. The van der Waals surface area contributed by atoms with E-state index in [0.29, 0.717) is 0 Å². The van der Waals surface area contributed by atoms with Gasteiger partial charge in [0.2, 0.25) is 0 Å². The topological polar surface area (TPSA) is 30.9 Å². The van der Waals surface area contributed by atoms with Crippen molar-refractivity contribution in [3.63, 3.8) is 0 Å². The van der Waals surface area contributed by atoms with Gasteiger partial charge in [-0.05, 0) is 11.6 Å². The van der Waals surface area contributed by atoms with Crippen molar-refractivity contribution in [2.75, 3.05) is 5.73 Å². The van der Waals surface area contributed by atoms with Crippen molar-refractivity contribution in [3.05, 3.63) is 66.4 Å². The normalized spacial score (nSPS) is 10.8. The molecule has 0 saturated carbocycles. The van der Waals surface area contributed by atoms with Gasteiger partial charge < -0.3 is 10.3 Å². The molecule has 2 N–H and O–H groups in total. The number of hydrogen-bond donors (Lipinski definition) is 1. The van der Waals surface area contributed by atoms with Crippen LogP contribution >= 0.6 is 0 Å². The number of fused-ring (bicyclic) bond motifs is 1. The summed E-state index contributed by atoms with van der Waals surface area (Å²) in [5, 5.41) is 1.13. The van der Waals surface area contributed by atoms with Gasteiger partial charge in [-0.25, -0.2) is 0 Å². The van der Waals surface area contributed by atoms with E-state index in [1.54, 1.807) is 0 Å². The van der Waals surface area contributed by atoms with E-state index in [4.69, 9.17) is 5.73 Å². The zero-order chi connectivity index (χ0) is 11.7. The number of nitrogen functional groups attached to an aromatic ring is 1. The van der Waals surface area contributed by atoms with E-state index in [1.165, 1.54) is 11.1 Å². The van der Waals surface area contributed by atoms with E-state index < -0.39 is 0 Å². The number of anilines is 1. The maximum absolute atomic E-state index is 6.01. The Hall–Kier alpha value is -2.22. The highest BCUT2D eigenvalue weighted by molar-refractivity contribution is 5.91. The lowest BCUT2D eigenvalue weighted by Crippen LogP contribution is -1.97. The molecule has 0 radical (unpaired) electrons. The van der Waals surface area contributed by atoms with Crippen molar-refractivity contribution in [3.8, 4) is 0 Å². The fourth-order valence-corrected chi connectivity index (χ4v) is 2.19. The van der Waals surface area contributed by atoms with E-state index in [0.717, 1.165) is 17.6 Å². The van der Waals surface area contributed by atoms with Crippen LogP contribution in [0.2, 0.25) is 0 Å². The minimum Gasteiger partial charge on any atom is -0.397 e. The summed E-state index contributed by atoms with van der Waals surface area (Å²) in [6.07, 6.45) is 2.01. The molecule has 0 aliphatic rings. The van der Waals surface area contributed by atoms with Gasteiger partial charge in [-0.3, -0.25) is 0 Å². The van der Waals surface area contributed by atoms with Crippen LogP contribution in [0.4, 0.5) is 5.69 Å². The Balaban J connectivity index is 2.07. The van der Waals surface area contributed by atoms with Gasteiger partial charge in [0.25, 0.3) is 0 Å². The number of benzene rings is 2. The SMILES string of the molecule is Nc1cn(Cc2ccccc2)c2ccccc12. The van der Waals surface area contributed by atoms with Crippen molar-refractivity contribution < 1.29 is 0 Å². The number of para-hydroxylation sites is 1. The first-order chi connectivity index (χ1) is 8.34. The van der Waals surface area contributed by atoms with Crippen LogP contribution in [0.25, 0.3) is 10.9 Å². The first-order valence-corrected chi connectivity index (χ1v) is 5.72. The smallest absolute Gasteiger partial charge is 0.0574 e. The second kappa shape index (κ2) is 3.98. The summed E-state index contributed by atoms with van der Waals surface area (Å²) in [4.78, 5) is 0. The maximum Gasteiger partial charge on any atom is 0.0574 e. The first-order valence-electron chi connectivity index (χ1n) is 5.72. The van der Waals surface area contributed by atoms with Crippen molar-refractivity contribution >= 4 is 16.6 Å². The Labute approximate surface area is 100 Å². The van der Waals surface area contributed by atoms with E-state index >= 15 is 0 Å². The molecule has 0 unspecified atom stereocenters. The van der Waals surface area contributed by atoms with Gasteiger partial charge in [0.1, 0.15) is 0 Å². The molecule has 2 heteroatoms. The average molecular weight is 222 g/mol. The molecule has 0 aliphatic heterocycles. The molecule has 3 aromatic rings. The third kappa shape index (κ3) is 1.78. The Kier molecular flexibility index (Phi) is 2.33. The lowest BCUT2D eigenvalue weighted by Gasteiger charge is -2.04. The molecule has 0 bridgehead atoms. The number of nitrogens with two attached hydrogens (primary N) is 1. The lowest BCUT2D eigenvalue weighted by molar-refractivity contribution is 0.838. The molecule has 2 aromatic carbocycles. The van der Waals surface area contributed by atoms with Gasteiger partial charge in [-0.2, -0.15) is 0 Å². The van der Waals surface area contributed by atoms with Crippen molar-refractivity contribution in [2.45, 2.75) is 6.54 Å². The van der Waals surface area contributed by atoms with E-state index in [-0.39, 0.29) is 0 Å². The van der Waals surface area contributed by atoms with Gasteiger partial charge >= 0.3 is 0 Å². The first kappa shape index (κ1) is 9.97. The summed E-state index contributed by atoms with van der Waals surface area (Å²) in [6.45, 7) is 0.860. The van der Waals surface area contributed by atoms with Crippen molar-refractivity contribution in [2.24, 2.45) is 0 Å². The second-order valence-electron chi connectivity index (χ2n) is 4.22. The minimum absolute atomic E-state index is 0.844. The molecular formula is C15H14N2. The van der Waals surface area contributed by atoms with Crippen LogP contribution in [0.1, 0.15) is 5.56 Å². The summed E-state index contributed by atoms with van der Waals surface area (Å²) < 4.78 is 2.19. The van der Waals surface area contributed by atoms with E-state index in [1.807, 2.05) is 24.4 Å². The van der Waals surface area contributed by atoms with Crippen LogP contribution in [0.3, 0.4) is 0 Å². The summed E-state index contributed by atoms with van der Waals surface area (Å²) >= 11 is 0. The summed E-state index contributed by atoms with van der Waals surface area (Å²) in [6, 6.07) is 18.6. The average Bonchev–Trinajstić information content (AvgIpc) is 2.69. The second-order valence-corrected chi connectivity index (χ2v) is 4.22. The third-order valence-corrected chi connectivity index (χ3v) is 3.02. The highest BCUT2D eigenvalue weighted by atomic mass is 15.0. The number of nitrogens with zero attached hydrogens (tertiary/aromatic N) is 1. The standard InChI is InChI=1S/C15H14N2/c16-14-11-17(10-12-6-2-1-3-7-12)15-9-5-4-8-13(14)15/h1-9,11H,10,16H2. The molecule has 1 aromatic heterocycles. The molecule has 0 aliphatic carbocycles. The number of aromatic nitrogens is 1. The van der Waals surface area contributed by atoms with Crippen LogP contribution in [-0.2, 0) is 6.54 Å². The molecule has 0 fully saturated rings. The molecule has 0 saturated heterocycles. The molecule has 17 heavy (non-hydrogen) atoms. The monoisotopic (exact) mass is 222 g/mol. The van der Waals surface area contributed by atoms with Crippen LogP contribution in [0, 0.1) is 0 Å². The van der Waals surface area contributed by atoms with Gasteiger partial charge in [0.15, 0.2) is 0 Å². The fourth-order valence-electron chi connectivity index (χ4n) is 2.19. The quantitative estimate of drug-likeness (QED) is 0.708. The molecule has 84 valence electrons. The predicted molar refractivity (Wildman–Crippen MR) is 71.9 cm³/mol. The molecule has 0 spiro atoms. The molecule has 1 heterocycles. The molecule has 3 rings (SSSR count). The van der Waals surface area contributed by atoms with Gasteiger partial charge in [-0.15, -0.1) is 0 Å². The summed E-state index contributed by atoms with van der Waals surface area (Å²) in [5.41, 5.74) is 9.33. The van der Waals surface area contributed by atoms with Crippen LogP contribution in [0.15, 0.2) is 60.8 Å². The summed E-state index contributed by atoms with van der Waals surface area (Å²) in [7, 11) is 0. The largest absolute Gasteiger partial charge is 0.397 e. The van der Waals surface area contributed by atoms with Crippen LogP contribution in [0.5, 0.6) is 0 Å². The molecule has 0 atom stereocenters. The predicted octanol–water partition coefficient (Wildman–Crippen LogP) is 3.27. The van der Waals surface area contributed by atoms with E-state index in [2.05, 4.69) is 41.0 Å². The number of rotatable bonds is 2. The highest BCUT2D eigenvalue weighted by Crippen LogP contribution is 2.23. The Morgan fingerprint density at radius 2 is 1.59 bits per heavy atom. The summed E-state index contributed by atoms with van der Waals surface area (Å²) in [5.74, 6) is 0. The van der Waals surface area contributed by atoms with E-state index in [9.17, 15) is 0 Å². The van der Waals surface area contributed by atoms with Gasteiger partial charge in [-0.1, -0.05) is 48.5 Å². The fraction of sp³-hybridized carbons (Fsp3) is 0.0667.